The highest BCUT2D eigenvalue weighted by Crippen LogP contribution is 2.34. The van der Waals surface area contributed by atoms with Gasteiger partial charge in [-0.05, 0) is 44.4 Å². The number of epoxide rings is 1. The molecule has 34 heavy (non-hydrogen) atoms. The van der Waals surface area contributed by atoms with Gasteiger partial charge in [-0.15, -0.1) is 0 Å². The van der Waals surface area contributed by atoms with Crippen molar-refractivity contribution in [2.45, 2.75) is 123 Å². The van der Waals surface area contributed by atoms with Crippen molar-refractivity contribution in [3.05, 3.63) is 0 Å². The molecule has 0 spiro atoms. The van der Waals surface area contributed by atoms with Crippen molar-refractivity contribution in [3.63, 3.8) is 0 Å². The van der Waals surface area contributed by atoms with E-state index in [-0.39, 0.29) is 35.2 Å². The number of rotatable bonds is 18. The largest absolute Gasteiger partial charge is 0.370 e. The minimum absolute atomic E-state index is 0.110. The summed E-state index contributed by atoms with van der Waals surface area (Å²) in [5.74, 6) is -0.804. The molecule has 3 amide bonds. The van der Waals surface area contributed by atoms with Crippen LogP contribution >= 0.6 is 0 Å². The molecule has 1 heterocycles. The van der Waals surface area contributed by atoms with E-state index < -0.39 is 18.1 Å². The van der Waals surface area contributed by atoms with Crippen molar-refractivity contribution in [2.24, 2.45) is 11.8 Å². The number of ether oxygens (including phenoxy) is 1. The number of carbonyl (C=O) groups is 4. The second-order valence-electron chi connectivity index (χ2n) is 10.5. The number of aldehydes is 1. The van der Waals surface area contributed by atoms with Crippen LogP contribution in [-0.2, 0) is 23.9 Å². The summed E-state index contributed by atoms with van der Waals surface area (Å²) in [7, 11) is 0. The average Bonchev–Trinajstić information content (AvgIpc) is 3.50. The molecular weight excluding hydrogens is 434 g/mol. The third-order valence-electron chi connectivity index (χ3n) is 6.32. The number of carbonyl (C=O) groups excluding carboxylic acids is 4. The fourth-order valence-electron chi connectivity index (χ4n) is 4.18. The van der Waals surface area contributed by atoms with Crippen LogP contribution in [0.15, 0.2) is 0 Å². The van der Waals surface area contributed by atoms with Gasteiger partial charge in [0, 0.05) is 6.42 Å². The zero-order valence-electron chi connectivity index (χ0n) is 22.1. The van der Waals surface area contributed by atoms with Gasteiger partial charge >= 0.3 is 0 Å². The van der Waals surface area contributed by atoms with E-state index in [1.165, 1.54) is 0 Å². The van der Waals surface area contributed by atoms with Crippen LogP contribution in [0, 0.1) is 11.8 Å². The summed E-state index contributed by atoms with van der Waals surface area (Å²) in [6.07, 6.45) is 7.35. The molecule has 0 radical (unpaired) electrons. The van der Waals surface area contributed by atoms with Crippen LogP contribution in [0.4, 0.5) is 0 Å². The third kappa shape index (κ3) is 11.4. The van der Waals surface area contributed by atoms with E-state index in [0.717, 1.165) is 51.4 Å². The third-order valence-corrected chi connectivity index (χ3v) is 6.32. The topological polar surface area (TPSA) is 117 Å². The summed E-state index contributed by atoms with van der Waals surface area (Å²) in [6, 6.07) is -2.09. The first-order valence-corrected chi connectivity index (χ1v) is 13.0. The van der Waals surface area contributed by atoms with Gasteiger partial charge in [-0.1, -0.05) is 60.3 Å². The van der Waals surface area contributed by atoms with Crippen LogP contribution in [0.3, 0.4) is 0 Å². The summed E-state index contributed by atoms with van der Waals surface area (Å²) >= 11 is 0. The van der Waals surface area contributed by atoms with Crippen molar-refractivity contribution in [1.29, 1.82) is 0 Å². The monoisotopic (exact) mass is 481 g/mol. The predicted octanol–water partition coefficient (Wildman–Crippen LogP) is 3.27. The zero-order chi connectivity index (χ0) is 25.7. The Balaban J connectivity index is 2.74. The SMILES string of the molecule is CCCCCC(=O)N[C@H](C(=O)NC(CCCC)C(=O)NC(C=O)C[C@H](C)C[C@]1(C)CO1)C(C)C. The molecule has 0 aromatic carbocycles. The number of nitrogens with one attached hydrogen (secondary N) is 3. The first kappa shape index (κ1) is 30.1. The Labute approximate surface area is 205 Å². The Morgan fingerprint density at radius 3 is 2.15 bits per heavy atom. The minimum Gasteiger partial charge on any atom is -0.370 e. The summed E-state index contributed by atoms with van der Waals surface area (Å²) in [5.41, 5.74) is -0.110. The van der Waals surface area contributed by atoms with Crippen LogP contribution in [-0.4, -0.2) is 54.3 Å². The molecule has 0 aliphatic carbocycles. The molecule has 8 heteroatoms. The number of hydrogen-bond acceptors (Lipinski definition) is 5. The number of unbranched alkanes of at least 4 members (excludes halogenated alkanes) is 3. The molecule has 0 aromatic rings. The van der Waals surface area contributed by atoms with Gasteiger partial charge in [-0.2, -0.15) is 0 Å². The van der Waals surface area contributed by atoms with E-state index in [0.29, 0.717) is 19.3 Å². The standard InChI is InChI=1S/C26H47N3O5/c1-7-9-11-13-22(31)29-23(18(3)4)25(33)28-21(12-10-8-2)24(32)27-20(16-30)14-19(5)15-26(6)17-34-26/h16,18-21,23H,7-15,17H2,1-6H3,(H,27,32)(H,28,33)(H,29,31)/t19-,20?,21?,23-,26+/m0/s1. The highest BCUT2D eigenvalue weighted by Gasteiger charge is 2.40. The van der Waals surface area contributed by atoms with E-state index in [1.54, 1.807) is 0 Å². The van der Waals surface area contributed by atoms with Crippen LogP contribution in [0.25, 0.3) is 0 Å². The van der Waals surface area contributed by atoms with E-state index in [9.17, 15) is 19.2 Å². The van der Waals surface area contributed by atoms with Crippen LogP contribution in [0.2, 0.25) is 0 Å². The molecule has 5 atom stereocenters. The van der Waals surface area contributed by atoms with Crippen molar-refractivity contribution < 1.29 is 23.9 Å². The second-order valence-corrected chi connectivity index (χ2v) is 10.5. The van der Waals surface area contributed by atoms with Gasteiger partial charge in [0.05, 0.1) is 18.2 Å². The molecule has 196 valence electrons. The normalized spacial score (nSPS) is 20.7. The Bertz CT molecular complexity index is 663. The first-order chi connectivity index (χ1) is 16.0. The predicted molar refractivity (Wildman–Crippen MR) is 133 cm³/mol. The molecule has 2 unspecified atom stereocenters. The smallest absolute Gasteiger partial charge is 0.243 e. The van der Waals surface area contributed by atoms with Crippen LogP contribution in [0.5, 0.6) is 0 Å². The highest BCUT2D eigenvalue weighted by atomic mass is 16.6. The van der Waals surface area contributed by atoms with Crippen molar-refractivity contribution in [2.75, 3.05) is 6.61 Å². The molecule has 3 N–H and O–H groups in total. The Kier molecular flexibility index (Phi) is 13.4. The van der Waals surface area contributed by atoms with Gasteiger partial charge in [-0.25, -0.2) is 0 Å². The quantitative estimate of drug-likeness (QED) is 0.158. The summed E-state index contributed by atoms with van der Waals surface area (Å²) in [5, 5.41) is 8.48. The van der Waals surface area contributed by atoms with E-state index >= 15 is 0 Å². The van der Waals surface area contributed by atoms with Crippen molar-refractivity contribution in [1.82, 2.24) is 16.0 Å². The van der Waals surface area contributed by atoms with Crippen LogP contribution < -0.4 is 16.0 Å². The lowest BCUT2D eigenvalue weighted by atomic mass is 9.92. The highest BCUT2D eigenvalue weighted by molar-refractivity contribution is 5.92. The maximum Gasteiger partial charge on any atom is 0.243 e. The zero-order valence-corrected chi connectivity index (χ0v) is 22.1. The minimum atomic E-state index is -0.757. The maximum atomic E-state index is 13.0. The van der Waals surface area contributed by atoms with Gasteiger partial charge in [0.2, 0.25) is 17.7 Å². The summed E-state index contributed by atoms with van der Waals surface area (Å²) in [6.45, 7) is 12.6. The second kappa shape index (κ2) is 15.1. The van der Waals surface area contributed by atoms with E-state index in [1.807, 2.05) is 34.6 Å². The molecule has 1 aliphatic heterocycles. The summed E-state index contributed by atoms with van der Waals surface area (Å²) < 4.78 is 5.43. The molecule has 1 aliphatic rings. The summed E-state index contributed by atoms with van der Waals surface area (Å²) in [4.78, 5) is 50.0. The Morgan fingerprint density at radius 1 is 0.971 bits per heavy atom. The van der Waals surface area contributed by atoms with Crippen molar-refractivity contribution in [3.8, 4) is 0 Å². The van der Waals surface area contributed by atoms with Gasteiger partial charge < -0.3 is 25.5 Å². The fraction of sp³-hybridized carbons (Fsp3) is 0.846. The molecule has 0 saturated carbocycles. The fourth-order valence-corrected chi connectivity index (χ4v) is 4.18. The number of hydrogen-bond donors (Lipinski definition) is 3. The molecule has 1 saturated heterocycles. The van der Waals surface area contributed by atoms with E-state index in [4.69, 9.17) is 4.74 Å². The molecule has 0 bridgehead atoms. The lowest BCUT2D eigenvalue weighted by molar-refractivity contribution is -0.133. The molecule has 1 rings (SSSR count). The van der Waals surface area contributed by atoms with Gasteiger partial charge in [0.1, 0.15) is 18.4 Å². The van der Waals surface area contributed by atoms with Gasteiger partial charge in [-0.3, -0.25) is 14.4 Å². The van der Waals surface area contributed by atoms with Gasteiger partial charge in [0.25, 0.3) is 0 Å². The Hall–Kier alpha value is -1.96. The molecular formula is C26H47N3O5. The molecule has 0 aromatic heterocycles. The van der Waals surface area contributed by atoms with Crippen molar-refractivity contribution >= 4 is 24.0 Å². The first-order valence-electron chi connectivity index (χ1n) is 13.0. The van der Waals surface area contributed by atoms with Crippen LogP contribution in [0.1, 0.15) is 99.3 Å². The average molecular weight is 482 g/mol. The number of amides is 3. The molecule has 1 fully saturated rings. The lowest BCUT2D eigenvalue weighted by Crippen LogP contribution is -2.56. The van der Waals surface area contributed by atoms with E-state index in [2.05, 4.69) is 22.9 Å². The lowest BCUT2D eigenvalue weighted by Gasteiger charge is -2.26. The molecule has 8 nitrogen and oxygen atoms in total. The van der Waals surface area contributed by atoms with Gasteiger partial charge in [0.15, 0.2) is 0 Å². The Morgan fingerprint density at radius 2 is 1.62 bits per heavy atom. The maximum absolute atomic E-state index is 13.0.